The second kappa shape index (κ2) is 10.9. The van der Waals surface area contributed by atoms with Crippen molar-refractivity contribution >= 4 is 20.9 Å². The summed E-state index contributed by atoms with van der Waals surface area (Å²) < 4.78 is 62.2. The van der Waals surface area contributed by atoms with Crippen molar-refractivity contribution in [2.75, 3.05) is 13.5 Å². The number of hydrogen-bond acceptors (Lipinski definition) is 9. The van der Waals surface area contributed by atoms with Crippen molar-refractivity contribution in [3.05, 3.63) is 59.2 Å². The van der Waals surface area contributed by atoms with E-state index in [1.807, 2.05) is 6.92 Å². The number of halogens is 1. The highest BCUT2D eigenvalue weighted by Gasteiger charge is 2.65. The van der Waals surface area contributed by atoms with Gasteiger partial charge in [0.25, 0.3) is 0 Å². The van der Waals surface area contributed by atoms with Gasteiger partial charge in [0.2, 0.25) is 25.5 Å². The van der Waals surface area contributed by atoms with Gasteiger partial charge in [0.1, 0.15) is 11.6 Å². The van der Waals surface area contributed by atoms with E-state index in [2.05, 4.69) is 4.98 Å². The maximum atomic E-state index is 15.0. The normalized spacial score (nSPS) is 28.5. The number of carbonyl (C=O) groups excluding carboxylic acids is 1. The zero-order valence-electron chi connectivity index (χ0n) is 19.5. The molecule has 2 heterocycles. The highest BCUT2D eigenvalue weighted by molar-refractivity contribution is 7.75. The van der Waals surface area contributed by atoms with Crippen LogP contribution in [0, 0.1) is 12.7 Å². The van der Waals surface area contributed by atoms with Crippen LogP contribution in [0.4, 0.5) is 4.39 Å². The molecule has 0 aliphatic carbocycles. The van der Waals surface area contributed by atoms with Crippen LogP contribution in [0.1, 0.15) is 49.2 Å². The van der Waals surface area contributed by atoms with Gasteiger partial charge in [-0.2, -0.15) is 0 Å². The minimum atomic E-state index is -5.02. The molecular weight excluding hydrogens is 503 g/mol. The summed E-state index contributed by atoms with van der Waals surface area (Å²) in [5.41, 5.74) is 0.244. The van der Waals surface area contributed by atoms with Crippen molar-refractivity contribution < 1.29 is 46.8 Å². The summed E-state index contributed by atoms with van der Waals surface area (Å²) in [6.07, 6.45) is 2.21. The molecule has 0 spiro atoms. The number of aryl methyl sites for hydroxylation is 1. The topological polar surface area (TPSA) is 141 Å². The number of carbonyl (C=O) groups is 1. The third-order valence-corrected chi connectivity index (χ3v) is 11.0. The zero-order chi connectivity index (χ0) is 25.9. The monoisotopic (exact) mass is 531 g/mol. The third kappa shape index (κ3) is 6.00. The summed E-state index contributed by atoms with van der Waals surface area (Å²) in [5.74, 6) is -1.34. The van der Waals surface area contributed by atoms with Crippen molar-refractivity contribution in [1.29, 1.82) is 0 Å². The number of aliphatic hydroxyl groups is 1. The number of benzene rings is 1. The second-order valence-electron chi connectivity index (χ2n) is 8.24. The minimum Gasteiger partial charge on any atom is -0.457 e. The van der Waals surface area contributed by atoms with Crippen molar-refractivity contribution in [2.45, 2.75) is 50.9 Å². The number of aromatic nitrogens is 1. The molecule has 2 N–H and O–H groups in total. The van der Waals surface area contributed by atoms with Crippen LogP contribution in [-0.2, 0) is 34.1 Å². The lowest BCUT2D eigenvalue weighted by atomic mass is 10.1. The number of unbranched alkanes of at least 4 members (excludes halogenated alkanes) is 1. The summed E-state index contributed by atoms with van der Waals surface area (Å²) in [4.78, 5) is 26.0. The van der Waals surface area contributed by atoms with E-state index in [1.54, 1.807) is 6.07 Å². The lowest BCUT2D eigenvalue weighted by molar-refractivity contribution is -0.150. The van der Waals surface area contributed by atoms with Crippen LogP contribution in [0.25, 0.3) is 0 Å². The maximum Gasteiger partial charge on any atom is 0.372 e. The number of esters is 1. The van der Waals surface area contributed by atoms with Gasteiger partial charge in [0.15, 0.2) is 0 Å². The first-order valence-electron chi connectivity index (χ1n) is 10.9. The van der Waals surface area contributed by atoms with Gasteiger partial charge in [-0.15, -0.1) is 0 Å². The maximum absolute atomic E-state index is 15.0. The van der Waals surface area contributed by atoms with Gasteiger partial charge in [-0.05, 0) is 36.6 Å². The Bertz CT molecular complexity index is 1110. The molecule has 3 rings (SSSR count). The number of rotatable bonds is 9. The van der Waals surface area contributed by atoms with Gasteiger partial charge in [0, 0.05) is 43.5 Å². The third-order valence-electron chi connectivity index (χ3n) is 5.53. The van der Waals surface area contributed by atoms with Crippen LogP contribution in [0.2, 0.25) is 0 Å². The Morgan fingerprint density at radius 3 is 2.66 bits per heavy atom. The van der Waals surface area contributed by atoms with Crippen molar-refractivity contribution in [1.82, 2.24) is 4.98 Å². The first kappa shape index (κ1) is 27.5. The summed E-state index contributed by atoms with van der Waals surface area (Å²) in [6.45, 7) is 3.98. The van der Waals surface area contributed by atoms with Crippen LogP contribution in [-0.4, -0.2) is 39.5 Å². The molecule has 1 fully saturated rings. The molecule has 0 amide bonds. The highest BCUT2D eigenvalue weighted by Crippen LogP contribution is 2.79. The van der Waals surface area contributed by atoms with E-state index < -0.39 is 51.3 Å². The lowest BCUT2D eigenvalue weighted by Gasteiger charge is -2.43. The molecule has 0 saturated carbocycles. The molecule has 10 nitrogen and oxygen atoms in total. The van der Waals surface area contributed by atoms with E-state index in [9.17, 15) is 23.9 Å². The number of pyridine rings is 1. The standard InChI is InChI=1S/C22H28FNO9P2/c1-4-5-8-19(25)31-14-30-17-10-15(2)20(18(23)11-17)21-32-34(3,27)22(26,35(28,29)33-21)12-16-7-6-9-24-13-16/h6-7,9-11,13,21,26H,4-5,8,12,14H2,1-3H3,(H,28,29). The summed E-state index contributed by atoms with van der Waals surface area (Å²) in [5, 5.41) is 8.26. The number of nitrogens with zero attached hydrogens (tertiary/aromatic N) is 1. The smallest absolute Gasteiger partial charge is 0.372 e. The van der Waals surface area contributed by atoms with Gasteiger partial charge in [-0.25, -0.2) is 4.39 Å². The van der Waals surface area contributed by atoms with Crippen LogP contribution < -0.4 is 4.74 Å². The Kier molecular flexibility index (Phi) is 8.52. The Hall–Kier alpha value is -2.13. The molecular formula is C22H28FNO9P2. The molecule has 13 heteroatoms. The first-order valence-corrected chi connectivity index (χ1v) is 14.5. The van der Waals surface area contributed by atoms with Gasteiger partial charge >= 0.3 is 13.6 Å². The Balaban J connectivity index is 1.79. The average Bonchev–Trinajstić information content (AvgIpc) is 2.76. The molecule has 1 aromatic heterocycles. The van der Waals surface area contributed by atoms with Gasteiger partial charge in [0.05, 0.1) is 0 Å². The van der Waals surface area contributed by atoms with E-state index in [0.29, 0.717) is 12.0 Å². The van der Waals surface area contributed by atoms with E-state index in [1.165, 1.54) is 31.5 Å². The summed E-state index contributed by atoms with van der Waals surface area (Å²) in [7, 11) is -9.30. The van der Waals surface area contributed by atoms with Crippen LogP contribution in [0.3, 0.4) is 0 Å². The van der Waals surface area contributed by atoms with Crippen molar-refractivity contribution in [3.63, 3.8) is 0 Å². The van der Waals surface area contributed by atoms with Gasteiger partial charge in [-0.1, -0.05) is 19.4 Å². The molecule has 1 aromatic carbocycles. The minimum absolute atomic E-state index is 0.0304. The number of ether oxygens (including phenoxy) is 2. The van der Waals surface area contributed by atoms with Crippen LogP contribution >= 0.6 is 15.0 Å². The SMILES string of the molecule is CCCCC(=O)OCOc1cc(C)c(C2OP(C)(=O)C(O)(Cc3cccnc3)P(=O)(O)O2)c(F)c1. The summed E-state index contributed by atoms with van der Waals surface area (Å²) in [6, 6.07) is 5.41. The molecule has 1 aliphatic heterocycles. The number of hydrogen-bond donors (Lipinski definition) is 2. The zero-order valence-corrected chi connectivity index (χ0v) is 21.3. The fourth-order valence-electron chi connectivity index (χ4n) is 3.52. The molecule has 0 radical (unpaired) electrons. The Labute approximate surface area is 202 Å². The molecule has 0 bridgehead atoms. The van der Waals surface area contributed by atoms with Crippen LogP contribution in [0.15, 0.2) is 36.7 Å². The molecule has 1 aliphatic rings. The largest absolute Gasteiger partial charge is 0.457 e. The molecule has 35 heavy (non-hydrogen) atoms. The quantitative estimate of drug-likeness (QED) is 0.267. The van der Waals surface area contributed by atoms with E-state index in [0.717, 1.165) is 19.2 Å². The molecule has 2 aromatic rings. The van der Waals surface area contributed by atoms with E-state index in [-0.39, 0.29) is 23.3 Å². The first-order chi connectivity index (χ1) is 16.4. The van der Waals surface area contributed by atoms with E-state index >= 15 is 4.39 Å². The molecule has 4 atom stereocenters. The van der Waals surface area contributed by atoms with Crippen molar-refractivity contribution in [2.24, 2.45) is 0 Å². The molecule has 1 saturated heterocycles. The Morgan fingerprint density at radius 1 is 1.31 bits per heavy atom. The average molecular weight is 531 g/mol. The van der Waals surface area contributed by atoms with Crippen molar-refractivity contribution in [3.8, 4) is 5.75 Å². The van der Waals surface area contributed by atoms with Gasteiger partial charge in [-0.3, -0.25) is 28.0 Å². The fourth-order valence-corrected chi connectivity index (χ4v) is 7.82. The predicted octanol–water partition coefficient (Wildman–Crippen LogP) is 4.63. The molecule has 4 unspecified atom stereocenters. The second-order valence-corrected chi connectivity index (χ2v) is 13.2. The van der Waals surface area contributed by atoms with Gasteiger partial charge < -0.3 is 19.5 Å². The predicted molar refractivity (Wildman–Crippen MR) is 123 cm³/mol. The van der Waals surface area contributed by atoms with E-state index in [4.69, 9.17) is 18.5 Å². The highest BCUT2D eigenvalue weighted by atomic mass is 31.2. The lowest BCUT2D eigenvalue weighted by Crippen LogP contribution is -2.38. The summed E-state index contributed by atoms with van der Waals surface area (Å²) >= 11 is 0. The van der Waals surface area contributed by atoms with Crippen LogP contribution in [0.5, 0.6) is 5.75 Å². The fraction of sp³-hybridized carbons (Fsp3) is 0.455. The Morgan fingerprint density at radius 2 is 2.06 bits per heavy atom. The molecule has 192 valence electrons.